The Balaban J connectivity index is 1.71. The minimum absolute atomic E-state index is 0.0684. The van der Waals surface area contributed by atoms with Gasteiger partial charge in [-0.1, -0.05) is 42.5 Å². The number of carbonyl (C=O) groups is 3. The van der Waals surface area contributed by atoms with E-state index in [-0.39, 0.29) is 28.2 Å². The van der Waals surface area contributed by atoms with Gasteiger partial charge in [-0.2, -0.15) is 0 Å². The molecule has 1 N–H and O–H groups in total. The van der Waals surface area contributed by atoms with E-state index in [0.717, 1.165) is 0 Å². The maximum atomic E-state index is 12.2. The van der Waals surface area contributed by atoms with Crippen molar-refractivity contribution in [2.75, 3.05) is 0 Å². The second-order valence-electron chi connectivity index (χ2n) is 5.51. The highest BCUT2D eigenvalue weighted by molar-refractivity contribution is 5.97. The van der Waals surface area contributed by atoms with Crippen LogP contribution in [0.3, 0.4) is 0 Å². The van der Waals surface area contributed by atoms with E-state index in [1.807, 2.05) is 0 Å². The lowest BCUT2D eigenvalue weighted by molar-refractivity contribution is -0.187. The van der Waals surface area contributed by atoms with Crippen LogP contribution in [0.5, 0.6) is 11.5 Å². The summed E-state index contributed by atoms with van der Waals surface area (Å²) in [4.78, 5) is 45.4. The molecule has 3 rings (SSSR count). The van der Waals surface area contributed by atoms with Crippen molar-refractivity contribution in [3.05, 3.63) is 95.6 Å². The van der Waals surface area contributed by atoms with E-state index < -0.39 is 17.9 Å². The Labute approximate surface area is 159 Å². The number of hydrogen-bond donors (Lipinski definition) is 1. The lowest BCUT2D eigenvalue weighted by Crippen LogP contribution is -2.15. The van der Waals surface area contributed by atoms with Gasteiger partial charge in [0.15, 0.2) is 0 Å². The van der Waals surface area contributed by atoms with Gasteiger partial charge in [-0.15, -0.1) is 0 Å². The molecule has 7 nitrogen and oxygen atoms in total. The molecule has 0 aliphatic heterocycles. The van der Waals surface area contributed by atoms with E-state index in [0.29, 0.717) is 0 Å². The van der Waals surface area contributed by atoms with Gasteiger partial charge in [0.2, 0.25) is 0 Å². The number of aromatic hydroxyl groups is 1. The molecular weight excluding hydrogens is 364 g/mol. The number of benzene rings is 3. The van der Waals surface area contributed by atoms with Crippen LogP contribution >= 0.6 is 0 Å². The van der Waals surface area contributed by atoms with Crippen molar-refractivity contribution in [3.8, 4) is 11.5 Å². The van der Waals surface area contributed by atoms with Crippen molar-refractivity contribution in [3.63, 3.8) is 0 Å². The highest BCUT2D eigenvalue weighted by Crippen LogP contribution is 2.23. The molecule has 0 aromatic heterocycles. The van der Waals surface area contributed by atoms with Crippen LogP contribution in [-0.4, -0.2) is 23.0 Å². The van der Waals surface area contributed by atoms with E-state index in [2.05, 4.69) is 9.78 Å². The molecule has 0 saturated heterocycles. The van der Waals surface area contributed by atoms with Crippen LogP contribution in [-0.2, 0) is 9.78 Å². The molecule has 0 atom stereocenters. The van der Waals surface area contributed by atoms with Crippen molar-refractivity contribution < 1.29 is 34.0 Å². The third kappa shape index (κ3) is 4.34. The number of ether oxygens (including phenoxy) is 1. The quantitative estimate of drug-likeness (QED) is 0.321. The predicted octanol–water partition coefficient (Wildman–Crippen LogP) is 3.54. The average molecular weight is 378 g/mol. The number of hydrogen-bond acceptors (Lipinski definition) is 7. The first-order valence-corrected chi connectivity index (χ1v) is 8.13. The second-order valence-corrected chi connectivity index (χ2v) is 5.51. The van der Waals surface area contributed by atoms with Crippen LogP contribution < -0.4 is 4.74 Å². The van der Waals surface area contributed by atoms with Gasteiger partial charge in [0.1, 0.15) is 22.6 Å². The monoisotopic (exact) mass is 378 g/mol. The number of para-hydroxylation sites is 2. The molecule has 140 valence electrons. The number of carbonyl (C=O) groups excluding carboxylic acids is 3. The molecule has 0 bridgehead atoms. The fourth-order valence-corrected chi connectivity index (χ4v) is 2.27. The third-order valence-electron chi connectivity index (χ3n) is 3.64. The fourth-order valence-electron chi connectivity index (χ4n) is 2.27. The molecule has 0 aliphatic carbocycles. The summed E-state index contributed by atoms with van der Waals surface area (Å²) >= 11 is 0. The minimum atomic E-state index is -1.02. The van der Waals surface area contributed by atoms with Crippen LogP contribution in [0.1, 0.15) is 31.1 Å². The maximum Gasteiger partial charge on any atom is 0.390 e. The number of phenolic OH excluding ortho intramolecular Hbond substituents is 1. The Morgan fingerprint density at radius 2 is 1.18 bits per heavy atom. The van der Waals surface area contributed by atoms with Gasteiger partial charge in [0.25, 0.3) is 0 Å². The zero-order valence-corrected chi connectivity index (χ0v) is 14.4. The largest absolute Gasteiger partial charge is 0.507 e. The molecule has 0 heterocycles. The first kappa shape index (κ1) is 18.7. The van der Waals surface area contributed by atoms with Gasteiger partial charge in [-0.3, -0.25) is 0 Å². The average Bonchev–Trinajstić information content (AvgIpc) is 2.73. The summed E-state index contributed by atoms with van der Waals surface area (Å²) in [6.45, 7) is 0. The molecule has 0 radical (unpaired) electrons. The molecule has 7 heteroatoms. The van der Waals surface area contributed by atoms with Gasteiger partial charge in [0, 0.05) is 0 Å². The van der Waals surface area contributed by atoms with E-state index >= 15 is 0 Å². The number of rotatable bonds is 4. The van der Waals surface area contributed by atoms with Crippen LogP contribution in [0.4, 0.5) is 0 Å². The topological polar surface area (TPSA) is 99.1 Å². The lowest BCUT2D eigenvalue weighted by Gasteiger charge is -2.09. The predicted molar refractivity (Wildman–Crippen MR) is 96.8 cm³/mol. The Morgan fingerprint density at radius 3 is 1.89 bits per heavy atom. The van der Waals surface area contributed by atoms with Crippen molar-refractivity contribution in [2.45, 2.75) is 0 Å². The van der Waals surface area contributed by atoms with Gasteiger partial charge < -0.3 is 9.84 Å². The van der Waals surface area contributed by atoms with Crippen molar-refractivity contribution in [2.24, 2.45) is 0 Å². The molecule has 0 amide bonds. The van der Waals surface area contributed by atoms with Crippen molar-refractivity contribution >= 4 is 17.9 Å². The van der Waals surface area contributed by atoms with Gasteiger partial charge in [-0.25, -0.2) is 24.2 Å². The highest BCUT2D eigenvalue weighted by Gasteiger charge is 2.21. The van der Waals surface area contributed by atoms with E-state index in [1.165, 1.54) is 42.5 Å². The zero-order valence-electron chi connectivity index (χ0n) is 14.4. The molecule has 3 aromatic rings. The number of phenols is 1. The van der Waals surface area contributed by atoms with Crippen molar-refractivity contribution in [1.29, 1.82) is 0 Å². The third-order valence-corrected chi connectivity index (χ3v) is 3.64. The van der Waals surface area contributed by atoms with E-state index in [9.17, 15) is 19.5 Å². The molecule has 0 unspecified atom stereocenters. The molecule has 0 aliphatic rings. The number of esters is 1. The first-order chi connectivity index (χ1) is 13.6. The SMILES string of the molecule is O=C(OOC(=O)c1ccccc1OC(=O)c1ccccc1O)c1ccccc1. The normalized spacial score (nSPS) is 10.0. The molecule has 0 fully saturated rings. The van der Waals surface area contributed by atoms with Crippen LogP contribution in [0.25, 0.3) is 0 Å². The Kier molecular flexibility index (Phi) is 5.66. The molecular formula is C21H14O7. The highest BCUT2D eigenvalue weighted by atomic mass is 17.2. The summed E-state index contributed by atoms with van der Waals surface area (Å²) in [5.41, 5.74) is 0.00266. The minimum Gasteiger partial charge on any atom is -0.507 e. The maximum absolute atomic E-state index is 12.2. The summed E-state index contributed by atoms with van der Waals surface area (Å²) in [6, 6.07) is 19.6. The summed E-state index contributed by atoms with van der Waals surface area (Å²) in [7, 11) is 0. The van der Waals surface area contributed by atoms with Crippen LogP contribution in [0, 0.1) is 0 Å². The Hall–Kier alpha value is -4.13. The first-order valence-electron chi connectivity index (χ1n) is 8.13. The lowest BCUT2D eigenvalue weighted by atomic mass is 10.2. The Bertz CT molecular complexity index is 1010. The van der Waals surface area contributed by atoms with Gasteiger partial charge >= 0.3 is 17.9 Å². The van der Waals surface area contributed by atoms with Crippen LogP contribution in [0.2, 0.25) is 0 Å². The smallest absolute Gasteiger partial charge is 0.390 e. The zero-order chi connectivity index (χ0) is 19.9. The van der Waals surface area contributed by atoms with Gasteiger partial charge in [0.05, 0.1) is 5.56 Å². The molecule has 3 aromatic carbocycles. The van der Waals surface area contributed by atoms with E-state index in [4.69, 9.17) is 4.74 Å². The summed E-state index contributed by atoms with van der Waals surface area (Å²) < 4.78 is 5.18. The van der Waals surface area contributed by atoms with Crippen LogP contribution in [0.15, 0.2) is 78.9 Å². The summed E-state index contributed by atoms with van der Waals surface area (Å²) in [6.07, 6.45) is 0. The summed E-state index contributed by atoms with van der Waals surface area (Å²) in [5, 5.41) is 9.74. The van der Waals surface area contributed by atoms with Gasteiger partial charge in [-0.05, 0) is 36.4 Å². The standard InChI is InChI=1S/C21H14O7/c22-17-12-6-4-10-15(17)20(24)26-18-13-7-5-11-16(18)21(25)28-27-19(23)14-8-2-1-3-9-14/h1-13,22H. The molecule has 0 spiro atoms. The fraction of sp³-hybridized carbons (Fsp3) is 0. The molecule has 28 heavy (non-hydrogen) atoms. The Morgan fingerprint density at radius 1 is 0.607 bits per heavy atom. The van der Waals surface area contributed by atoms with E-state index in [1.54, 1.807) is 36.4 Å². The summed E-state index contributed by atoms with van der Waals surface area (Å²) in [5.74, 6) is -3.11. The molecule has 0 saturated carbocycles. The van der Waals surface area contributed by atoms with Crippen molar-refractivity contribution in [1.82, 2.24) is 0 Å². The second kappa shape index (κ2) is 8.50.